The third kappa shape index (κ3) is 3.82. The van der Waals surface area contributed by atoms with Crippen LogP contribution >= 0.6 is 0 Å². The van der Waals surface area contributed by atoms with Crippen molar-refractivity contribution in [3.63, 3.8) is 0 Å². The largest absolute Gasteiger partial charge is 0.368 e. The molecule has 0 spiro atoms. The lowest BCUT2D eigenvalue weighted by Gasteiger charge is -2.37. The molecule has 2 aromatic rings. The average molecular weight is 407 g/mol. The maximum absolute atomic E-state index is 13.5. The molecule has 1 fully saturated rings. The van der Waals surface area contributed by atoms with Crippen LogP contribution in [0.15, 0.2) is 60.3 Å². The number of piperazine rings is 1. The molecule has 0 N–H and O–H groups in total. The van der Waals surface area contributed by atoms with Gasteiger partial charge in [0.2, 0.25) is 0 Å². The van der Waals surface area contributed by atoms with Crippen LogP contribution in [0, 0.1) is 5.82 Å². The van der Waals surface area contributed by atoms with Gasteiger partial charge in [-0.3, -0.25) is 14.5 Å². The Balaban J connectivity index is 1.62. The lowest BCUT2D eigenvalue weighted by Crippen LogP contribution is -2.47. The van der Waals surface area contributed by atoms with Crippen LogP contribution in [0.25, 0.3) is 5.57 Å². The number of carbonyl (C=O) groups excluding carboxylic acids is 2. The molecule has 0 atom stereocenters. The molecule has 0 aliphatic carbocycles. The van der Waals surface area contributed by atoms with E-state index in [1.165, 1.54) is 17.0 Å². The van der Waals surface area contributed by atoms with Gasteiger partial charge in [-0.05, 0) is 36.2 Å². The number of hydrogen-bond donors (Lipinski definition) is 0. The Labute approximate surface area is 176 Å². The van der Waals surface area contributed by atoms with Gasteiger partial charge in [0.15, 0.2) is 0 Å². The van der Waals surface area contributed by atoms with Crippen molar-refractivity contribution in [1.29, 1.82) is 0 Å². The van der Waals surface area contributed by atoms with Gasteiger partial charge in [-0.2, -0.15) is 0 Å². The van der Waals surface area contributed by atoms with E-state index in [1.807, 2.05) is 30.0 Å². The number of imide groups is 1. The van der Waals surface area contributed by atoms with Gasteiger partial charge in [-0.25, -0.2) is 4.39 Å². The molecule has 0 aromatic heterocycles. The minimum absolute atomic E-state index is 0.235. The summed E-state index contributed by atoms with van der Waals surface area (Å²) in [7, 11) is 0. The summed E-state index contributed by atoms with van der Waals surface area (Å²) < 4.78 is 13.5. The summed E-state index contributed by atoms with van der Waals surface area (Å²) in [5.41, 5.74) is 2.59. The maximum atomic E-state index is 13.5. The third-order valence-electron chi connectivity index (χ3n) is 5.73. The molecule has 0 bridgehead atoms. The number of nitrogens with zero attached hydrogens (tertiary/aromatic N) is 3. The topological polar surface area (TPSA) is 43.9 Å². The van der Waals surface area contributed by atoms with Gasteiger partial charge in [0.1, 0.15) is 11.5 Å². The zero-order chi connectivity index (χ0) is 21.1. The fourth-order valence-corrected chi connectivity index (χ4v) is 4.08. The van der Waals surface area contributed by atoms with Crippen LogP contribution in [0.3, 0.4) is 0 Å². The van der Waals surface area contributed by atoms with Gasteiger partial charge < -0.3 is 9.80 Å². The molecule has 2 aliphatic rings. The molecular formula is C24H26FN3O2. The van der Waals surface area contributed by atoms with Gasteiger partial charge in [0.05, 0.1) is 5.57 Å². The van der Waals surface area contributed by atoms with Crippen LogP contribution in [0.5, 0.6) is 0 Å². The van der Waals surface area contributed by atoms with E-state index in [2.05, 4.69) is 17.0 Å². The van der Waals surface area contributed by atoms with Crippen molar-refractivity contribution in [3.8, 4) is 0 Å². The monoisotopic (exact) mass is 407 g/mol. The molecular weight excluding hydrogens is 381 g/mol. The Kier molecular flexibility index (Phi) is 5.84. The summed E-state index contributed by atoms with van der Waals surface area (Å²) in [6, 6.07) is 16.0. The normalized spacial score (nSPS) is 17.3. The lowest BCUT2D eigenvalue weighted by atomic mass is 10.0. The average Bonchev–Trinajstić information content (AvgIpc) is 3.03. The first kappa shape index (κ1) is 20.1. The highest BCUT2D eigenvalue weighted by Gasteiger charge is 2.41. The number of anilines is 1. The molecule has 0 radical (unpaired) electrons. The van der Waals surface area contributed by atoms with E-state index >= 15 is 0 Å². The quantitative estimate of drug-likeness (QED) is 0.688. The molecule has 0 unspecified atom stereocenters. The number of halogens is 1. The van der Waals surface area contributed by atoms with Crippen LogP contribution in [0.1, 0.15) is 25.3 Å². The summed E-state index contributed by atoms with van der Waals surface area (Å²) in [6.07, 6.45) is 1.66. The van der Waals surface area contributed by atoms with E-state index in [4.69, 9.17) is 0 Å². The summed E-state index contributed by atoms with van der Waals surface area (Å²) >= 11 is 0. The van der Waals surface area contributed by atoms with Crippen molar-refractivity contribution in [3.05, 3.63) is 71.7 Å². The van der Waals surface area contributed by atoms with E-state index in [0.29, 0.717) is 36.5 Å². The highest BCUT2D eigenvalue weighted by atomic mass is 19.1. The number of amides is 2. The molecule has 156 valence electrons. The molecule has 5 nitrogen and oxygen atoms in total. The van der Waals surface area contributed by atoms with Crippen LogP contribution in [0.4, 0.5) is 10.1 Å². The Morgan fingerprint density at radius 3 is 2.10 bits per heavy atom. The van der Waals surface area contributed by atoms with Crippen molar-refractivity contribution >= 4 is 23.1 Å². The summed E-state index contributed by atoms with van der Waals surface area (Å²) in [4.78, 5) is 32.1. The molecule has 2 amide bonds. The number of unbranched alkanes of at least 4 members (excludes halogenated alkanes) is 1. The first-order valence-electron chi connectivity index (χ1n) is 10.5. The second-order valence-corrected chi connectivity index (χ2v) is 7.66. The van der Waals surface area contributed by atoms with Gasteiger partial charge in [0.25, 0.3) is 11.8 Å². The minimum atomic E-state index is -0.364. The van der Waals surface area contributed by atoms with Gasteiger partial charge in [0, 0.05) is 38.4 Å². The van der Waals surface area contributed by atoms with Crippen molar-refractivity contribution in [2.75, 3.05) is 37.6 Å². The number of para-hydroxylation sites is 1. The second-order valence-electron chi connectivity index (χ2n) is 7.66. The molecule has 30 heavy (non-hydrogen) atoms. The molecule has 2 aliphatic heterocycles. The number of hydrogen-bond acceptors (Lipinski definition) is 4. The Morgan fingerprint density at radius 2 is 1.47 bits per heavy atom. The van der Waals surface area contributed by atoms with Crippen LogP contribution in [0.2, 0.25) is 0 Å². The van der Waals surface area contributed by atoms with E-state index in [1.54, 1.807) is 12.1 Å². The van der Waals surface area contributed by atoms with Crippen LogP contribution < -0.4 is 4.90 Å². The van der Waals surface area contributed by atoms with Crippen molar-refractivity contribution < 1.29 is 14.0 Å². The first-order valence-corrected chi connectivity index (χ1v) is 10.5. The zero-order valence-corrected chi connectivity index (χ0v) is 17.2. The molecule has 0 saturated carbocycles. The third-order valence-corrected chi connectivity index (χ3v) is 5.73. The van der Waals surface area contributed by atoms with Crippen LogP contribution in [-0.2, 0) is 9.59 Å². The first-order chi connectivity index (χ1) is 14.6. The summed E-state index contributed by atoms with van der Waals surface area (Å²) in [5.74, 6) is -0.876. The van der Waals surface area contributed by atoms with E-state index < -0.39 is 0 Å². The molecule has 6 heteroatoms. The van der Waals surface area contributed by atoms with Gasteiger partial charge >= 0.3 is 0 Å². The predicted octanol–water partition coefficient (Wildman–Crippen LogP) is 3.53. The number of carbonyl (C=O) groups is 2. The fraction of sp³-hybridized carbons (Fsp3) is 0.333. The molecule has 4 rings (SSSR count). The Hall–Kier alpha value is -3.15. The summed E-state index contributed by atoms with van der Waals surface area (Å²) in [6.45, 7) is 5.27. The second kappa shape index (κ2) is 8.69. The smallest absolute Gasteiger partial charge is 0.277 e. The zero-order valence-electron chi connectivity index (χ0n) is 17.2. The predicted molar refractivity (Wildman–Crippen MR) is 115 cm³/mol. The maximum Gasteiger partial charge on any atom is 0.277 e. The summed E-state index contributed by atoms with van der Waals surface area (Å²) in [5, 5.41) is 0. The minimum Gasteiger partial charge on any atom is -0.368 e. The highest BCUT2D eigenvalue weighted by Crippen LogP contribution is 2.33. The van der Waals surface area contributed by atoms with E-state index in [9.17, 15) is 14.0 Å². The SMILES string of the molecule is CCCCN1C(=O)C(c2ccc(F)cc2)=C(N2CCN(c3ccccc3)CC2)C1=O. The van der Waals surface area contributed by atoms with Crippen molar-refractivity contribution in [1.82, 2.24) is 9.80 Å². The van der Waals surface area contributed by atoms with Crippen LogP contribution in [-0.4, -0.2) is 54.3 Å². The molecule has 2 aromatic carbocycles. The van der Waals surface area contributed by atoms with Crippen molar-refractivity contribution in [2.45, 2.75) is 19.8 Å². The van der Waals surface area contributed by atoms with Crippen molar-refractivity contribution in [2.24, 2.45) is 0 Å². The standard InChI is InChI=1S/C24H26FN3O2/c1-2-3-13-28-23(29)21(18-9-11-19(25)12-10-18)22(24(28)30)27-16-14-26(15-17-27)20-7-5-4-6-8-20/h4-12H,2-3,13-17H2,1H3. The van der Waals surface area contributed by atoms with Gasteiger partial charge in [-0.1, -0.05) is 43.7 Å². The van der Waals surface area contributed by atoms with E-state index in [-0.39, 0.29) is 17.6 Å². The number of benzene rings is 2. The molecule has 2 heterocycles. The van der Waals surface area contributed by atoms with Gasteiger partial charge in [-0.15, -0.1) is 0 Å². The Morgan fingerprint density at radius 1 is 0.833 bits per heavy atom. The van der Waals surface area contributed by atoms with E-state index in [0.717, 1.165) is 31.6 Å². The number of rotatable bonds is 6. The fourth-order valence-electron chi connectivity index (χ4n) is 4.08. The highest BCUT2D eigenvalue weighted by molar-refractivity contribution is 6.35. The Bertz CT molecular complexity index is 948. The molecule has 1 saturated heterocycles. The lowest BCUT2D eigenvalue weighted by molar-refractivity contribution is -0.137.